The van der Waals surface area contributed by atoms with Crippen molar-refractivity contribution in [1.29, 1.82) is 0 Å². The molecule has 0 aromatic heterocycles. The zero-order chi connectivity index (χ0) is 9.90. The predicted octanol–water partition coefficient (Wildman–Crippen LogP) is 0.479. The van der Waals surface area contributed by atoms with E-state index < -0.39 is 17.7 Å². The van der Waals surface area contributed by atoms with Gasteiger partial charge >= 0.3 is 5.97 Å². The van der Waals surface area contributed by atoms with Gasteiger partial charge in [-0.25, -0.2) is 4.79 Å². The van der Waals surface area contributed by atoms with E-state index in [1.807, 2.05) is 0 Å². The summed E-state index contributed by atoms with van der Waals surface area (Å²) in [5.74, 6) is -0.595. The molecule has 0 radical (unpaired) electrons. The van der Waals surface area contributed by atoms with Crippen LogP contribution < -0.4 is 0 Å². The number of carbonyl (C=O) groups excluding carboxylic acids is 1. The summed E-state index contributed by atoms with van der Waals surface area (Å²) >= 11 is 0. The van der Waals surface area contributed by atoms with E-state index in [1.165, 1.54) is 6.92 Å². The summed E-state index contributed by atoms with van der Waals surface area (Å²) in [5, 5.41) is 9.81. The van der Waals surface area contributed by atoms with E-state index in [2.05, 4.69) is 0 Å². The van der Waals surface area contributed by atoms with Gasteiger partial charge in [0.1, 0.15) is 0 Å². The Labute approximate surface area is 77.8 Å². The number of rotatable bonds is 3. The third-order valence-electron chi connectivity index (χ3n) is 2.25. The van der Waals surface area contributed by atoms with Gasteiger partial charge in [0.05, 0.1) is 12.7 Å². The summed E-state index contributed by atoms with van der Waals surface area (Å²) < 4.78 is 9.98. The molecule has 0 spiro atoms. The smallest absolute Gasteiger partial charge is 0.340 e. The highest BCUT2D eigenvalue weighted by Gasteiger charge is 2.43. The fourth-order valence-corrected chi connectivity index (χ4v) is 1.43. The second-order valence-electron chi connectivity index (χ2n) is 3.37. The Bertz CT molecular complexity index is 182. The minimum atomic E-state index is -1.49. The maximum Gasteiger partial charge on any atom is 0.340 e. The highest BCUT2D eigenvalue weighted by molar-refractivity contribution is 5.79. The predicted molar refractivity (Wildman–Crippen MR) is 46.2 cm³/mol. The van der Waals surface area contributed by atoms with Crippen molar-refractivity contribution in [1.82, 2.24) is 0 Å². The molecule has 1 N–H and O–H groups in total. The largest absolute Gasteiger partial charge is 0.464 e. The van der Waals surface area contributed by atoms with Crippen LogP contribution in [-0.2, 0) is 14.3 Å². The van der Waals surface area contributed by atoms with Gasteiger partial charge < -0.3 is 14.6 Å². The first-order chi connectivity index (χ1) is 6.09. The van der Waals surface area contributed by atoms with E-state index in [0.29, 0.717) is 13.0 Å². The Morgan fingerprint density at radius 3 is 2.92 bits per heavy atom. The van der Waals surface area contributed by atoms with Crippen molar-refractivity contribution in [3.63, 3.8) is 0 Å². The normalized spacial score (nSPS) is 26.8. The van der Waals surface area contributed by atoms with Crippen LogP contribution in [-0.4, -0.2) is 36.0 Å². The molecule has 1 rings (SSSR count). The number of ether oxygens (including phenoxy) is 2. The summed E-state index contributed by atoms with van der Waals surface area (Å²) in [4.78, 5) is 11.3. The van der Waals surface area contributed by atoms with Crippen molar-refractivity contribution >= 4 is 5.97 Å². The van der Waals surface area contributed by atoms with Crippen LogP contribution in [0, 0.1) is 0 Å². The van der Waals surface area contributed by atoms with Crippen molar-refractivity contribution in [3.05, 3.63) is 0 Å². The van der Waals surface area contributed by atoms with Gasteiger partial charge in [-0.05, 0) is 26.7 Å². The molecule has 0 aromatic rings. The molecule has 1 fully saturated rings. The molecule has 13 heavy (non-hydrogen) atoms. The highest BCUT2D eigenvalue weighted by atomic mass is 16.6. The molecule has 0 amide bonds. The quantitative estimate of drug-likeness (QED) is 0.654. The van der Waals surface area contributed by atoms with Gasteiger partial charge in [0.15, 0.2) is 5.60 Å². The lowest BCUT2D eigenvalue weighted by atomic mass is 9.97. The van der Waals surface area contributed by atoms with E-state index in [1.54, 1.807) is 6.92 Å². The SMILES string of the molecule is CCOC(=O)C(C)(O)C1CCCO1. The topological polar surface area (TPSA) is 55.8 Å². The number of hydrogen-bond acceptors (Lipinski definition) is 4. The fourth-order valence-electron chi connectivity index (χ4n) is 1.43. The maximum absolute atomic E-state index is 11.3. The van der Waals surface area contributed by atoms with Crippen LogP contribution in [0.4, 0.5) is 0 Å². The lowest BCUT2D eigenvalue weighted by Gasteiger charge is -2.26. The Morgan fingerprint density at radius 1 is 1.77 bits per heavy atom. The third kappa shape index (κ3) is 2.19. The molecule has 1 saturated heterocycles. The van der Waals surface area contributed by atoms with Crippen LogP contribution >= 0.6 is 0 Å². The van der Waals surface area contributed by atoms with Gasteiger partial charge in [0.2, 0.25) is 0 Å². The Hall–Kier alpha value is -0.610. The van der Waals surface area contributed by atoms with Crippen LogP contribution in [0.5, 0.6) is 0 Å². The van der Waals surface area contributed by atoms with E-state index >= 15 is 0 Å². The van der Waals surface area contributed by atoms with Crippen LogP contribution in [0.2, 0.25) is 0 Å². The third-order valence-corrected chi connectivity index (χ3v) is 2.25. The van der Waals surface area contributed by atoms with Gasteiger partial charge in [-0.3, -0.25) is 0 Å². The molecular weight excluding hydrogens is 172 g/mol. The molecule has 0 bridgehead atoms. The monoisotopic (exact) mass is 188 g/mol. The first-order valence-electron chi connectivity index (χ1n) is 4.60. The molecule has 2 atom stereocenters. The van der Waals surface area contributed by atoms with E-state index in [0.717, 1.165) is 6.42 Å². The Morgan fingerprint density at radius 2 is 2.46 bits per heavy atom. The number of hydrogen-bond donors (Lipinski definition) is 1. The van der Waals surface area contributed by atoms with Crippen molar-refractivity contribution in [2.24, 2.45) is 0 Å². The Kier molecular flexibility index (Phi) is 3.27. The van der Waals surface area contributed by atoms with Crippen molar-refractivity contribution < 1.29 is 19.4 Å². The van der Waals surface area contributed by atoms with Gasteiger partial charge in [0, 0.05) is 6.61 Å². The molecule has 0 aliphatic carbocycles. The fraction of sp³-hybridized carbons (Fsp3) is 0.889. The highest BCUT2D eigenvalue weighted by Crippen LogP contribution is 2.24. The summed E-state index contributed by atoms with van der Waals surface area (Å²) in [6, 6.07) is 0. The number of esters is 1. The van der Waals surface area contributed by atoms with Gasteiger partial charge in [-0.1, -0.05) is 0 Å². The molecule has 1 aliphatic heterocycles. The summed E-state index contributed by atoms with van der Waals surface area (Å²) in [6.07, 6.45) is 1.19. The molecule has 76 valence electrons. The number of carbonyl (C=O) groups is 1. The minimum absolute atomic E-state index is 0.279. The second kappa shape index (κ2) is 4.07. The van der Waals surface area contributed by atoms with Crippen LogP contribution in [0.25, 0.3) is 0 Å². The van der Waals surface area contributed by atoms with Gasteiger partial charge in [-0.15, -0.1) is 0 Å². The maximum atomic E-state index is 11.3. The van der Waals surface area contributed by atoms with E-state index in [-0.39, 0.29) is 6.61 Å². The summed E-state index contributed by atoms with van der Waals surface area (Å²) in [7, 11) is 0. The average Bonchev–Trinajstić information content (AvgIpc) is 2.56. The summed E-state index contributed by atoms with van der Waals surface area (Å²) in [6.45, 7) is 4.05. The summed E-state index contributed by atoms with van der Waals surface area (Å²) in [5.41, 5.74) is -1.49. The zero-order valence-electron chi connectivity index (χ0n) is 8.08. The molecule has 2 unspecified atom stereocenters. The van der Waals surface area contributed by atoms with E-state index in [4.69, 9.17) is 9.47 Å². The van der Waals surface area contributed by atoms with E-state index in [9.17, 15) is 9.90 Å². The van der Waals surface area contributed by atoms with Crippen LogP contribution in [0.3, 0.4) is 0 Å². The molecule has 1 aliphatic rings. The lowest BCUT2D eigenvalue weighted by Crippen LogP contribution is -2.47. The van der Waals surface area contributed by atoms with Gasteiger partial charge in [-0.2, -0.15) is 0 Å². The lowest BCUT2D eigenvalue weighted by molar-refractivity contribution is -0.175. The standard InChI is InChI=1S/C9H16O4/c1-3-12-8(10)9(2,11)7-5-4-6-13-7/h7,11H,3-6H2,1-2H3. The van der Waals surface area contributed by atoms with Crippen molar-refractivity contribution in [2.75, 3.05) is 13.2 Å². The molecule has 0 saturated carbocycles. The van der Waals surface area contributed by atoms with Crippen molar-refractivity contribution in [2.45, 2.75) is 38.4 Å². The molecule has 1 heterocycles. The zero-order valence-corrected chi connectivity index (χ0v) is 8.08. The minimum Gasteiger partial charge on any atom is -0.464 e. The van der Waals surface area contributed by atoms with Crippen molar-refractivity contribution in [3.8, 4) is 0 Å². The molecule has 4 nitrogen and oxygen atoms in total. The van der Waals surface area contributed by atoms with Crippen LogP contribution in [0.15, 0.2) is 0 Å². The number of aliphatic hydroxyl groups is 1. The molecular formula is C9H16O4. The Balaban J connectivity index is 2.57. The second-order valence-corrected chi connectivity index (χ2v) is 3.37. The first kappa shape index (κ1) is 10.5. The molecule has 0 aromatic carbocycles. The van der Waals surface area contributed by atoms with Gasteiger partial charge in [0.25, 0.3) is 0 Å². The average molecular weight is 188 g/mol. The molecule has 4 heteroatoms. The van der Waals surface area contributed by atoms with Crippen LogP contribution in [0.1, 0.15) is 26.7 Å². The first-order valence-corrected chi connectivity index (χ1v) is 4.60.